The number of aryl methyl sites for hydroxylation is 2. The summed E-state index contributed by atoms with van der Waals surface area (Å²) >= 11 is 2.03. The van der Waals surface area contributed by atoms with E-state index in [-0.39, 0.29) is 5.54 Å². The zero-order chi connectivity index (χ0) is 13.6. The first kappa shape index (κ1) is 13.3. The van der Waals surface area contributed by atoms with E-state index < -0.39 is 0 Å². The highest BCUT2D eigenvalue weighted by Gasteiger charge is 2.44. The summed E-state index contributed by atoms with van der Waals surface area (Å²) in [7, 11) is 0. The normalized spacial score (nSPS) is 33.4. The van der Waals surface area contributed by atoms with Crippen LogP contribution in [0.25, 0.3) is 0 Å². The average molecular weight is 290 g/mol. The molecule has 0 spiro atoms. The fourth-order valence-corrected chi connectivity index (χ4v) is 5.81. The van der Waals surface area contributed by atoms with Crippen LogP contribution in [0.3, 0.4) is 0 Å². The van der Waals surface area contributed by atoms with Crippen LogP contribution in [-0.4, -0.2) is 11.5 Å². The maximum absolute atomic E-state index is 5.08. The zero-order valence-corrected chi connectivity index (χ0v) is 13.4. The van der Waals surface area contributed by atoms with Gasteiger partial charge in [0.2, 0.25) is 0 Å². The molecule has 2 unspecified atom stereocenters. The molecular formula is C17H26N2S. The molecule has 1 aromatic heterocycles. The van der Waals surface area contributed by atoms with Crippen LogP contribution < -0.4 is 5.32 Å². The minimum absolute atomic E-state index is 0.218. The predicted molar refractivity (Wildman–Crippen MR) is 84.2 cm³/mol. The van der Waals surface area contributed by atoms with Gasteiger partial charge in [0, 0.05) is 4.88 Å². The first-order chi connectivity index (χ1) is 9.81. The second-order valence-corrected chi connectivity index (χ2v) is 8.13. The van der Waals surface area contributed by atoms with Gasteiger partial charge in [-0.3, -0.25) is 0 Å². The molecule has 1 heterocycles. The molecule has 2 nitrogen and oxygen atoms in total. The van der Waals surface area contributed by atoms with Crippen molar-refractivity contribution in [1.82, 2.24) is 10.3 Å². The van der Waals surface area contributed by atoms with Gasteiger partial charge in [0.25, 0.3) is 0 Å². The van der Waals surface area contributed by atoms with E-state index in [9.17, 15) is 0 Å². The number of nitrogens with zero attached hydrogens (tertiary/aromatic N) is 1. The van der Waals surface area contributed by atoms with Gasteiger partial charge < -0.3 is 5.32 Å². The Kier molecular flexibility index (Phi) is 3.38. The number of rotatable bonds is 4. The smallest absolute Gasteiger partial charge is 0.113 e. The van der Waals surface area contributed by atoms with Gasteiger partial charge in [-0.2, -0.15) is 0 Å². The lowest BCUT2D eigenvalue weighted by Gasteiger charge is -2.40. The Labute approximate surface area is 126 Å². The third-order valence-electron chi connectivity index (χ3n) is 5.60. The minimum atomic E-state index is 0.218. The molecule has 110 valence electrons. The Morgan fingerprint density at radius 1 is 1.20 bits per heavy atom. The summed E-state index contributed by atoms with van der Waals surface area (Å²) in [4.78, 5) is 6.66. The molecule has 0 saturated heterocycles. The van der Waals surface area contributed by atoms with Gasteiger partial charge in [0.15, 0.2) is 0 Å². The number of aromatic nitrogens is 1. The Balaban J connectivity index is 1.63. The van der Waals surface area contributed by atoms with Crippen molar-refractivity contribution in [2.75, 3.05) is 6.54 Å². The lowest BCUT2D eigenvalue weighted by atomic mass is 9.74. The van der Waals surface area contributed by atoms with Gasteiger partial charge in [-0.1, -0.05) is 19.8 Å². The van der Waals surface area contributed by atoms with Crippen LogP contribution in [-0.2, 0) is 18.4 Å². The number of hydrogen-bond donors (Lipinski definition) is 1. The zero-order valence-electron chi connectivity index (χ0n) is 12.6. The van der Waals surface area contributed by atoms with Crippen molar-refractivity contribution in [3.63, 3.8) is 0 Å². The lowest BCUT2D eigenvalue weighted by molar-refractivity contribution is 0.166. The number of fused-ring (bicyclic) bond motifs is 1. The molecule has 2 saturated carbocycles. The van der Waals surface area contributed by atoms with E-state index in [1.165, 1.54) is 68.5 Å². The second kappa shape index (κ2) is 5.10. The topological polar surface area (TPSA) is 24.9 Å². The molecule has 1 aromatic rings. The molecule has 2 fully saturated rings. The molecule has 0 amide bonds. The number of nitrogens with one attached hydrogen (secondary N) is 1. The highest BCUT2D eigenvalue weighted by atomic mass is 32.1. The van der Waals surface area contributed by atoms with E-state index in [4.69, 9.17) is 4.98 Å². The number of hydrogen-bond acceptors (Lipinski definition) is 3. The fourth-order valence-electron chi connectivity index (χ4n) is 4.45. The summed E-state index contributed by atoms with van der Waals surface area (Å²) in [5, 5.41) is 5.29. The third kappa shape index (κ3) is 2.23. The quantitative estimate of drug-likeness (QED) is 0.905. The summed E-state index contributed by atoms with van der Waals surface area (Å²) in [6.07, 6.45) is 12.3. The largest absolute Gasteiger partial charge is 0.306 e. The average Bonchev–Trinajstić information content (AvgIpc) is 3.07. The van der Waals surface area contributed by atoms with Gasteiger partial charge in [-0.25, -0.2) is 4.98 Å². The first-order valence-corrected chi connectivity index (χ1v) is 9.36. The van der Waals surface area contributed by atoms with Crippen LogP contribution in [0.4, 0.5) is 0 Å². The molecule has 1 N–H and O–H groups in total. The second-order valence-electron chi connectivity index (χ2n) is 7.05. The summed E-state index contributed by atoms with van der Waals surface area (Å²) in [6.45, 7) is 3.32. The van der Waals surface area contributed by atoms with Crippen LogP contribution in [0.2, 0.25) is 0 Å². The van der Waals surface area contributed by atoms with E-state index in [1.807, 2.05) is 11.3 Å². The Hall–Kier alpha value is -0.410. The molecule has 3 aliphatic carbocycles. The van der Waals surface area contributed by atoms with Crippen molar-refractivity contribution in [3.05, 3.63) is 15.6 Å². The molecule has 3 aliphatic rings. The van der Waals surface area contributed by atoms with Crippen molar-refractivity contribution in [1.29, 1.82) is 0 Å². The Morgan fingerprint density at radius 2 is 2.10 bits per heavy atom. The van der Waals surface area contributed by atoms with Gasteiger partial charge in [0.1, 0.15) is 5.01 Å². The van der Waals surface area contributed by atoms with Crippen LogP contribution in [0.15, 0.2) is 0 Å². The molecule has 20 heavy (non-hydrogen) atoms. The van der Waals surface area contributed by atoms with E-state index >= 15 is 0 Å². The Bertz CT molecular complexity index is 466. The highest BCUT2D eigenvalue weighted by molar-refractivity contribution is 7.12. The maximum Gasteiger partial charge on any atom is 0.113 e. The van der Waals surface area contributed by atoms with E-state index in [0.717, 1.165) is 18.4 Å². The van der Waals surface area contributed by atoms with Crippen molar-refractivity contribution in [2.24, 2.45) is 11.8 Å². The van der Waals surface area contributed by atoms with Crippen LogP contribution in [0.1, 0.15) is 67.4 Å². The van der Waals surface area contributed by atoms with Crippen LogP contribution in [0.5, 0.6) is 0 Å². The van der Waals surface area contributed by atoms with Gasteiger partial charge >= 0.3 is 0 Å². The standard InChI is InChI=1S/C17H26N2S/c1-2-18-17(10-4-5-13(11-17)12-8-9-12)16-19-14-6-3-7-15(14)20-16/h12-13,18H,2-11H2,1H3. The highest BCUT2D eigenvalue weighted by Crippen LogP contribution is 2.50. The van der Waals surface area contributed by atoms with E-state index in [2.05, 4.69) is 12.2 Å². The van der Waals surface area contributed by atoms with Gasteiger partial charge in [0.05, 0.1) is 11.2 Å². The van der Waals surface area contributed by atoms with Crippen molar-refractivity contribution in [3.8, 4) is 0 Å². The SMILES string of the molecule is CCNC1(c2nc3c(s2)CCC3)CCCC(C2CC2)C1. The third-order valence-corrected chi connectivity index (χ3v) is 6.96. The fraction of sp³-hybridized carbons (Fsp3) is 0.824. The molecule has 0 aliphatic heterocycles. The molecule has 0 radical (unpaired) electrons. The molecule has 3 heteroatoms. The van der Waals surface area contributed by atoms with E-state index in [0.29, 0.717) is 0 Å². The summed E-state index contributed by atoms with van der Waals surface area (Å²) in [5.41, 5.74) is 1.64. The molecule has 0 aromatic carbocycles. The minimum Gasteiger partial charge on any atom is -0.306 e. The predicted octanol–water partition coefficient (Wildman–Crippen LogP) is 4.04. The first-order valence-electron chi connectivity index (χ1n) is 8.55. The van der Waals surface area contributed by atoms with E-state index in [1.54, 1.807) is 4.88 Å². The monoisotopic (exact) mass is 290 g/mol. The maximum atomic E-state index is 5.08. The summed E-state index contributed by atoms with van der Waals surface area (Å²) in [6, 6.07) is 0. The molecule has 4 rings (SSSR count). The van der Waals surface area contributed by atoms with Gasteiger partial charge in [-0.15, -0.1) is 11.3 Å². The molecular weight excluding hydrogens is 264 g/mol. The Morgan fingerprint density at radius 3 is 2.85 bits per heavy atom. The van der Waals surface area contributed by atoms with Gasteiger partial charge in [-0.05, 0) is 63.3 Å². The van der Waals surface area contributed by atoms with Crippen LogP contribution in [0, 0.1) is 11.8 Å². The van der Waals surface area contributed by atoms with Crippen molar-refractivity contribution in [2.45, 2.75) is 70.3 Å². The molecule has 2 atom stereocenters. The lowest BCUT2D eigenvalue weighted by Crippen LogP contribution is -2.46. The molecule has 0 bridgehead atoms. The van der Waals surface area contributed by atoms with Crippen molar-refractivity contribution >= 4 is 11.3 Å². The summed E-state index contributed by atoms with van der Waals surface area (Å²) in [5.74, 6) is 2.00. The van der Waals surface area contributed by atoms with Crippen molar-refractivity contribution < 1.29 is 0 Å². The van der Waals surface area contributed by atoms with Crippen LogP contribution >= 0.6 is 11.3 Å². The number of thiazole rings is 1. The summed E-state index contributed by atoms with van der Waals surface area (Å²) < 4.78 is 0.